The molecule has 0 aliphatic carbocycles. The van der Waals surface area contributed by atoms with E-state index >= 15 is 0 Å². The summed E-state index contributed by atoms with van der Waals surface area (Å²) in [6.07, 6.45) is 3.50. The third-order valence-corrected chi connectivity index (χ3v) is 6.55. The van der Waals surface area contributed by atoms with Crippen molar-refractivity contribution in [3.63, 3.8) is 0 Å². The van der Waals surface area contributed by atoms with Gasteiger partial charge in [0.05, 0.1) is 0 Å². The van der Waals surface area contributed by atoms with E-state index in [1.54, 1.807) is 0 Å². The lowest BCUT2D eigenvalue weighted by molar-refractivity contribution is 0.250. The highest BCUT2D eigenvalue weighted by Crippen LogP contribution is 2.27. The van der Waals surface area contributed by atoms with Gasteiger partial charge in [-0.15, -0.1) is 0 Å². The van der Waals surface area contributed by atoms with E-state index in [4.69, 9.17) is 4.98 Å². The van der Waals surface area contributed by atoms with Crippen LogP contribution in [0.4, 0.5) is 5.69 Å². The Morgan fingerprint density at radius 3 is 2.72 bits per heavy atom. The second-order valence-corrected chi connectivity index (χ2v) is 8.63. The molecule has 3 aromatic rings. The van der Waals surface area contributed by atoms with Gasteiger partial charge in [0.1, 0.15) is 0 Å². The van der Waals surface area contributed by atoms with E-state index in [0.717, 1.165) is 51.5 Å². The van der Waals surface area contributed by atoms with Crippen LogP contribution < -0.4 is 10.2 Å². The number of benzene rings is 1. The number of hydrogen-bond donors (Lipinski definition) is 1. The maximum Gasteiger partial charge on any atom is 0.0481 e. The number of nitrogens with zero attached hydrogens (tertiary/aromatic N) is 4. The monoisotopic (exact) mass is 389 g/mol. The molecule has 2 aliphatic rings. The molecule has 152 valence electrons. The predicted octanol–water partition coefficient (Wildman–Crippen LogP) is 3.28. The van der Waals surface area contributed by atoms with Crippen LogP contribution in [-0.2, 0) is 13.6 Å². The number of hydrogen-bond acceptors (Lipinski definition) is 4. The smallest absolute Gasteiger partial charge is 0.0481 e. The first-order chi connectivity index (χ1) is 14.2. The summed E-state index contributed by atoms with van der Waals surface area (Å²) in [5, 5.41) is 4.86. The highest BCUT2D eigenvalue weighted by molar-refractivity contribution is 5.83. The Kier molecular flexibility index (Phi) is 5.02. The Morgan fingerprint density at radius 2 is 1.93 bits per heavy atom. The summed E-state index contributed by atoms with van der Waals surface area (Å²) < 4.78 is 2.25. The fourth-order valence-electron chi connectivity index (χ4n) is 4.93. The molecule has 1 atom stereocenters. The number of aryl methyl sites for hydroxylation is 2. The van der Waals surface area contributed by atoms with Crippen LogP contribution in [0.5, 0.6) is 0 Å². The number of fused-ring (bicyclic) bond motifs is 1. The second kappa shape index (κ2) is 7.81. The molecule has 2 aliphatic heterocycles. The number of nitrogens with one attached hydrogen (secondary N) is 1. The first-order valence-electron chi connectivity index (χ1n) is 10.9. The molecule has 0 saturated carbocycles. The first kappa shape index (κ1) is 18.6. The minimum Gasteiger partial charge on any atom is -0.369 e. The van der Waals surface area contributed by atoms with Crippen LogP contribution in [0, 0.1) is 6.92 Å². The lowest BCUT2D eigenvalue weighted by Gasteiger charge is -2.36. The molecular weight excluding hydrogens is 358 g/mol. The summed E-state index contributed by atoms with van der Waals surface area (Å²) in [5.74, 6) is 0.571. The number of piperazine rings is 1. The van der Waals surface area contributed by atoms with Gasteiger partial charge in [-0.25, -0.2) is 0 Å². The Balaban J connectivity index is 1.27. The van der Waals surface area contributed by atoms with Crippen molar-refractivity contribution >= 4 is 16.6 Å². The molecular formula is C24H31N5. The minimum atomic E-state index is 0.571. The second-order valence-electron chi connectivity index (χ2n) is 8.63. The van der Waals surface area contributed by atoms with Gasteiger partial charge >= 0.3 is 0 Å². The van der Waals surface area contributed by atoms with Crippen LogP contribution in [0.1, 0.15) is 29.3 Å². The molecule has 29 heavy (non-hydrogen) atoms. The zero-order valence-corrected chi connectivity index (χ0v) is 17.6. The van der Waals surface area contributed by atoms with Crippen molar-refractivity contribution in [1.29, 1.82) is 0 Å². The average molecular weight is 390 g/mol. The van der Waals surface area contributed by atoms with Gasteiger partial charge in [0, 0.05) is 86.4 Å². The Labute approximate surface area is 173 Å². The van der Waals surface area contributed by atoms with Gasteiger partial charge < -0.3 is 14.8 Å². The van der Waals surface area contributed by atoms with Crippen molar-refractivity contribution in [3.05, 3.63) is 59.5 Å². The number of pyridine rings is 1. The average Bonchev–Trinajstić information content (AvgIpc) is 3.38. The van der Waals surface area contributed by atoms with Crippen molar-refractivity contribution in [2.45, 2.75) is 25.8 Å². The topological polar surface area (TPSA) is 36.3 Å². The standard InChI is InChI=1S/C24H31N5/c1-18-13-21(14-23(26-18)19-7-8-25-15-19)29-11-9-28(10-12-29)17-20-16-27(2)24-6-4-3-5-22(20)24/h3-6,13-14,16,19,25H,7-12,15,17H2,1-2H3/t19-/m0/s1. The highest BCUT2D eigenvalue weighted by Gasteiger charge is 2.22. The van der Waals surface area contributed by atoms with Crippen molar-refractivity contribution in [2.75, 3.05) is 44.2 Å². The van der Waals surface area contributed by atoms with Crippen LogP contribution in [0.25, 0.3) is 10.9 Å². The number of anilines is 1. The molecule has 0 amide bonds. The molecule has 5 rings (SSSR count). The lowest BCUT2D eigenvalue weighted by Crippen LogP contribution is -2.46. The Bertz CT molecular complexity index is 994. The third kappa shape index (κ3) is 3.77. The summed E-state index contributed by atoms with van der Waals surface area (Å²) >= 11 is 0. The normalized spacial score (nSPS) is 20.6. The molecule has 5 nitrogen and oxygen atoms in total. The van der Waals surface area contributed by atoms with Gasteiger partial charge in [-0.1, -0.05) is 18.2 Å². The summed E-state index contributed by atoms with van der Waals surface area (Å²) in [5.41, 5.74) is 6.52. The van der Waals surface area contributed by atoms with Gasteiger partial charge in [-0.05, 0) is 43.7 Å². The molecule has 2 aromatic heterocycles. The van der Waals surface area contributed by atoms with E-state index in [1.807, 2.05) is 0 Å². The molecule has 2 saturated heterocycles. The summed E-state index contributed by atoms with van der Waals surface area (Å²) in [6.45, 7) is 9.70. The quantitative estimate of drug-likeness (QED) is 0.743. The van der Waals surface area contributed by atoms with E-state index in [2.05, 4.69) is 76.3 Å². The van der Waals surface area contributed by atoms with E-state index in [0.29, 0.717) is 5.92 Å². The number of para-hydroxylation sites is 1. The molecule has 4 heterocycles. The van der Waals surface area contributed by atoms with Gasteiger partial charge in [0.15, 0.2) is 0 Å². The van der Waals surface area contributed by atoms with Gasteiger partial charge in [0.2, 0.25) is 0 Å². The summed E-state index contributed by atoms with van der Waals surface area (Å²) in [4.78, 5) is 9.97. The fraction of sp³-hybridized carbons (Fsp3) is 0.458. The van der Waals surface area contributed by atoms with Crippen molar-refractivity contribution < 1.29 is 0 Å². The van der Waals surface area contributed by atoms with E-state index in [1.165, 1.54) is 34.3 Å². The van der Waals surface area contributed by atoms with Gasteiger partial charge in [-0.3, -0.25) is 9.88 Å². The zero-order valence-electron chi connectivity index (χ0n) is 17.6. The lowest BCUT2D eigenvalue weighted by atomic mass is 10.0. The predicted molar refractivity (Wildman–Crippen MR) is 120 cm³/mol. The summed E-state index contributed by atoms with van der Waals surface area (Å²) in [7, 11) is 2.15. The van der Waals surface area contributed by atoms with Crippen molar-refractivity contribution in [3.8, 4) is 0 Å². The van der Waals surface area contributed by atoms with Crippen LogP contribution in [0.3, 0.4) is 0 Å². The van der Waals surface area contributed by atoms with Crippen LogP contribution in [-0.4, -0.2) is 53.7 Å². The largest absolute Gasteiger partial charge is 0.369 e. The molecule has 0 bridgehead atoms. The highest BCUT2D eigenvalue weighted by atomic mass is 15.3. The van der Waals surface area contributed by atoms with Crippen molar-refractivity contribution in [2.24, 2.45) is 7.05 Å². The SMILES string of the molecule is Cc1cc(N2CCN(Cc3cn(C)c4ccccc34)CC2)cc([C@H]2CCNC2)n1. The Hall–Kier alpha value is -2.37. The van der Waals surface area contributed by atoms with Crippen molar-refractivity contribution in [1.82, 2.24) is 19.8 Å². The molecule has 1 N–H and O–H groups in total. The minimum absolute atomic E-state index is 0.571. The van der Waals surface area contributed by atoms with E-state index in [9.17, 15) is 0 Å². The molecule has 0 radical (unpaired) electrons. The maximum atomic E-state index is 4.83. The van der Waals surface area contributed by atoms with Crippen LogP contribution in [0.2, 0.25) is 0 Å². The Morgan fingerprint density at radius 1 is 1.10 bits per heavy atom. The van der Waals surface area contributed by atoms with Crippen LogP contribution >= 0.6 is 0 Å². The molecule has 1 aromatic carbocycles. The maximum absolute atomic E-state index is 4.83. The van der Waals surface area contributed by atoms with E-state index in [-0.39, 0.29) is 0 Å². The summed E-state index contributed by atoms with van der Waals surface area (Å²) in [6, 6.07) is 13.3. The van der Waals surface area contributed by atoms with E-state index < -0.39 is 0 Å². The fourth-order valence-corrected chi connectivity index (χ4v) is 4.93. The van der Waals surface area contributed by atoms with Gasteiger partial charge in [0.25, 0.3) is 0 Å². The number of aromatic nitrogens is 2. The zero-order chi connectivity index (χ0) is 19.8. The molecule has 2 fully saturated rings. The molecule has 0 spiro atoms. The first-order valence-corrected chi connectivity index (χ1v) is 10.9. The number of rotatable bonds is 4. The van der Waals surface area contributed by atoms with Crippen LogP contribution in [0.15, 0.2) is 42.6 Å². The molecule has 0 unspecified atom stereocenters. The third-order valence-electron chi connectivity index (χ3n) is 6.55. The molecule has 5 heteroatoms. The van der Waals surface area contributed by atoms with Gasteiger partial charge in [-0.2, -0.15) is 0 Å².